The molecular formula is C27H49N6O5S+. The first kappa shape index (κ1) is 34.6. The summed E-state index contributed by atoms with van der Waals surface area (Å²) in [5.74, 6) is -2.56. The summed E-state index contributed by atoms with van der Waals surface area (Å²) in [6, 6.07) is -3.83. The standard InChI is InChI=1S/C27H48N6O5S/c1-6-22(34)30-20(14-16(2)3)27(38)33(39)21(12-13-28)26(37)31-19(15-18-10-8-7-9-11-18)25(36)32-23(17(4)5)24(29)35/h16-21,23H,6-15,28H2,1-5H3,(H4-,29,30,31,32,34,35,36,37)/p+1/t19-,20+,21-,23-/m0/s1. The van der Waals surface area contributed by atoms with E-state index in [2.05, 4.69) is 16.0 Å². The minimum atomic E-state index is -1.12. The van der Waals surface area contributed by atoms with Crippen LogP contribution >= 0.6 is 0 Å². The van der Waals surface area contributed by atoms with E-state index in [0.717, 1.165) is 36.0 Å². The average Bonchev–Trinajstić information content (AvgIpc) is 2.88. The summed E-state index contributed by atoms with van der Waals surface area (Å²) in [6.07, 6.45) is 6.13. The van der Waals surface area contributed by atoms with Crippen LogP contribution in [0.25, 0.3) is 0 Å². The van der Waals surface area contributed by atoms with Crippen molar-refractivity contribution in [2.45, 2.75) is 117 Å². The van der Waals surface area contributed by atoms with Gasteiger partial charge in [-0.1, -0.05) is 70.7 Å². The molecule has 1 saturated carbocycles. The predicted octanol–water partition coefficient (Wildman–Crippen LogP) is 0.996. The smallest absolute Gasteiger partial charge is 0.368 e. The molecule has 5 amide bonds. The fourth-order valence-electron chi connectivity index (χ4n) is 4.88. The summed E-state index contributed by atoms with van der Waals surface area (Å²) in [7, 11) is 0. The molecule has 1 aliphatic carbocycles. The van der Waals surface area contributed by atoms with E-state index >= 15 is 0 Å². The lowest BCUT2D eigenvalue weighted by molar-refractivity contribution is -0.451. The van der Waals surface area contributed by atoms with Crippen molar-refractivity contribution < 1.29 is 27.9 Å². The van der Waals surface area contributed by atoms with Gasteiger partial charge in [-0.15, -0.1) is 0 Å². The van der Waals surface area contributed by atoms with Crippen LogP contribution in [0.4, 0.5) is 0 Å². The molecule has 0 heterocycles. The van der Waals surface area contributed by atoms with Crippen molar-refractivity contribution in [1.29, 1.82) is 0 Å². The molecular weight excluding hydrogens is 520 g/mol. The number of primary amides is 1. The van der Waals surface area contributed by atoms with Crippen LogP contribution in [0.1, 0.15) is 92.4 Å². The number of carbonyl (C=O) groups is 5. The number of hydrogen-bond acceptors (Lipinski definition) is 7. The SMILES string of the molecule is CCC(=O)N[C@H](CC(C)C)C(=O)[N+](=S)[C@@H](CCN)C(=O)N[C@@H](CC1CCCCC1)C(=O)N[C@H](C(N)=O)C(C)C. The van der Waals surface area contributed by atoms with Crippen LogP contribution in [-0.4, -0.2) is 64.2 Å². The number of carbonyl (C=O) groups excluding carboxylic acids is 5. The highest BCUT2D eigenvalue weighted by Crippen LogP contribution is 2.27. The molecule has 4 atom stereocenters. The first-order valence-electron chi connectivity index (χ1n) is 14.2. The Morgan fingerprint density at radius 3 is 2.03 bits per heavy atom. The molecule has 1 fully saturated rings. The van der Waals surface area contributed by atoms with Gasteiger partial charge in [0.2, 0.25) is 17.7 Å². The zero-order valence-corrected chi connectivity index (χ0v) is 25.0. The van der Waals surface area contributed by atoms with Gasteiger partial charge in [0.1, 0.15) is 12.1 Å². The molecule has 0 unspecified atom stereocenters. The van der Waals surface area contributed by atoms with E-state index < -0.39 is 47.8 Å². The number of amides is 5. The molecule has 12 heteroatoms. The summed E-state index contributed by atoms with van der Waals surface area (Å²) in [5.41, 5.74) is 11.3. The topological polar surface area (TPSA) is 176 Å². The molecule has 0 radical (unpaired) electrons. The van der Waals surface area contributed by atoms with E-state index in [1.165, 1.54) is 0 Å². The number of nitrogens with one attached hydrogen (secondary N) is 3. The maximum atomic E-state index is 13.5. The fourth-order valence-corrected chi connectivity index (χ4v) is 5.21. The van der Waals surface area contributed by atoms with Gasteiger partial charge in [0.25, 0.3) is 24.4 Å². The van der Waals surface area contributed by atoms with Gasteiger partial charge in [0, 0.05) is 12.8 Å². The average molecular weight is 570 g/mol. The number of nitrogens with two attached hydrogens (primary N) is 2. The van der Waals surface area contributed by atoms with Gasteiger partial charge in [-0.3, -0.25) is 19.2 Å². The van der Waals surface area contributed by atoms with Gasteiger partial charge >= 0.3 is 5.91 Å². The molecule has 39 heavy (non-hydrogen) atoms. The van der Waals surface area contributed by atoms with Crippen molar-refractivity contribution >= 4 is 42.0 Å². The van der Waals surface area contributed by atoms with Crippen molar-refractivity contribution in [2.24, 2.45) is 29.2 Å². The molecule has 0 aliphatic heterocycles. The van der Waals surface area contributed by atoms with Gasteiger partial charge in [-0.2, -0.15) is 0 Å². The first-order chi connectivity index (χ1) is 18.3. The zero-order valence-electron chi connectivity index (χ0n) is 24.2. The van der Waals surface area contributed by atoms with Crippen LogP contribution in [0.3, 0.4) is 0 Å². The number of rotatable bonds is 16. The van der Waals surface area contributed by atoms with Gasteiger partial charge in [0.05, 0.1) is 0 Å². The molecule has 1 aliphatic rings. The maximum absolute atomic E-state index is 13.5. The third-order valence-corrected chi connectivity index (χ3v) is 7.54. The van der Waals surface area contributed by atoms with Crippen molar-refractivity contribution in [1.82, 2.24) is 16.0 Å². The molecule has 0 aromatic carbocycles. The highest BCUT2D eigenvalue weighted by molar-refractivity contribution is 7.44. The second-order valence-electron chi connectivity index (χ2n) is 11.3. The maximum Gasteiger partial charge on any atom is 0.423 e. The van der Waals surface area contributed by atoms with Gasteiger partial charge in [-0.25, -0.2) is 4.79 Å². The molecule has 0 bridgehead atoms. The Morgan fingerprint density at radius 2 is 1.54 bits per heavy atom. The third-order valence-electron chi connectivity index (χ3n) is 7.10. The summed E-state index contributed by atoms with van der Waals surface area (Å²) >= 11 is 5.41. The van der Waals surface area contributed by atoms with Crippen molar-refractivity contribution in [2.75, 3.05) is 6.54 Å². The van der Waals surface area contributed by atoms with Crippen LogP contribution in [0, 0.1) is 17.8 Å². The normalized spacial score (nSPS) is 17.1. The molecule has 0 spiro atoms. The summed E-state index contributed by atoms with van der Waals surface area (Å²) in [5, 5.41) is 8.19. The number of nitrogens with zero attached hydrogens (tertiary/aromatic N) is 1. The molecule has 222 valence electrons. The van der Waals surface area contributed by atoms with Gasteiger partial charge < -0.3 is 27.4 Å². The highest BCUT2D eigenvalue weighted by atomic mass is 32.1. The van der Waals surface area contributed by atoms with Gasteiger partial charge in [-0.05, 0) is 37.1 Å². The van der Waals surface area contributed by atoms with Crippen molar-refractivity contribution in [3.05, 3.63) is 0 Å². The largest absolute Gasteiger partial charge is 0.423 e. The summed E-state index contributed by atoms with van der Waals surface area (Å²) in [6.45, 7) is 9.14. The number of hydrogen-bond donors (Lipinski definition) is 5. The second kappa shape index (κ2) is 17.3. The molecule has 0 aromatic rings. The van der Waals surface area contributed by atoms with E-state index in [1.54, 1.807) is 20.8 Å². The Hall–Kier alpha value is -2.47. The quantitative estimate of drug-likeness (QED) is 0.172. The predicted molar refractivity (Wildman–Crippen MR) is 151 cm³/mol. The molecule has 11 nitrogen and oxygen atoms in total. The minimum Gasteiger partial charge on any atom is -0.368 e. The van der Waals surface area contributed by atoms with Crippen LogP contribution in [0.2, 0.25) is 0 Å². The zero-order chi connectivity index (χ0) is 29.7. The monoisotopic (exact) mass is 569 g/mol. The van der Waals surface area contributed by atoms with Gasteiger partial charge in [0.15, 0.2) is 6.04 Å². The van der Waals surface area contributed by atoms with Crippen LogP contribution < -0.4 is 27.4 Å². The molecule has 0 aromatic heterocycles. The Balaban J connectivity index is 3.19. The summed E-state index contributed by atoms with van der Waals surface area (Å²) < 4.78 is 0.904. The van der Waals surface area contributed by atoms with Crippen molar-refractivity contribution in [3.8, 4) is 0 Å². The van der Waals surface area contributed by atoms with E-state index in [4.69, 9.17) is 23.9 Å². The Labute approximate surface area is 238 Å². The minimum absolute atomic E-state index is 0.0743. The molecule has 7 N–H and O–H groups in total. The second-order valence-corrected chi connectivity index (χ2v) is 11.7. The highest BCUT2D eigenvalue weighted by Gasteiger charge is 2.41. The lowest BCUT2D eigenvalue weighted by atomic mass is 9.84. The lowest BCUT2D eigenvalue weighted by Crippen LogP contribution is -2.58. The van der Waals surface area contributed by atoms with E-state index in [9.17, 15) is 24.0 Å². The van der Waals surface area contributed by atoms with E-state index in [0.29, 0.717) is 12.8 Å². The Morgan fingerprint density at radius 1 is 0.923 bits per heavy atom. The van der Waals surface area contributed by atoms with Crippen LogP contribution in [0.15, 0.2) is 0 Å². The van der Waals surface area contributed by atoms with Crippen LogP contribution in [0.5, 0.6) is 0 Å². The van der Waals surface area contributed by atoms with E-state index in [-0.39, 0.29) is 43.0 Å². The van der Waals surface area contributed by atoms with E-state index in [1.807, 2.05) is 13.8 Å². The fraction of sp³-hybridized carbons (Fsp3) is 0.815. The van der Waals surface area contributed by atoms with Crippen molar-refractivity contribution in [3.63, 3.8) is 0 Å². The Kier molecular flexibility index (Phi) is 15.3. The lowest BCUT2D eigenvalue weighted by Gasteiger charge is -2.29. The molecule has 0 saturated heterocycles. The third kappa shape index (κ3) is 11.7. The Bertz CT molecular complexity index is 875. The first-order valence-corrected chi connectivity index (χ1v) is 14.6. The summed E-state index contributed by atoms with van der Waals surface area (Å²) in [4.78, 5) is 64.2. The molecule has 1 rings (SSSR count). The van der Waals surface area contributed by atoms with Crippen LogP contribution in [-0.2, 0) is 36.4 Å².